The van der Waals surface area contributed by atoms with Gasteiger partial charge in [0.2, 0.25) is 0 Å². The molecule has 1 saturated carbocycles. The van der Waals surface area contributed by atoms with Crippen molar-refractivity contribution < 1.29 is 9.53 Å². The third-order valence-electron chi connectivity index (χ3n) is 3.09. The van der Waals surface area contributed by atoms with Crippen LogP contribution in [0.5, 0.6) is 0 Å². The molecule has 92 valence electrons. The summed E-state index contributed by atoms with van der Waals surface area (Å²) in [5.74, 6) is 0.817. The number of nitrogens with zero attached hydrogens (tertiary/aromatic N) is 1. The standard InChI is InChI=1S/C12H17N3O2/c1-7(8-3-4-8)15-11-10(13)9(5-6-14-11)12(16)17-2/h5-8H,3-4,13H2,1-2H3,(H,14,15). The van der Waals surface area contributed by atoms with E-state index in [9.17, 15) is 4.79 Å². The minimum absolute atomic E-state index is 0.331. The van der Waals surface area contributed by atoms with E-state index in [0.29, 0.717) is 29.0 Å². The fraction of sp³-hybridized carbons (Fsp3) is 0.500. The molecule has 0 aliphatic heterocycles. The molecule has 17 heavy (non-hydrogen) atoms. The second-order valence-corrected chi connectivity index (χ2v) is 4.38. The number of nitrogens with two attached hydrogens (primary N) is 1. The van der Waals surface area contributed by atoms with Crippen molar-refractivity contribution in [1.29, 1.82) is 0 Å². The molecule has 1 aliphatic carbocycles. The van der Waals surface area contributed by atoms with Crippen molar-refractivity contribution in [3.8, 4) is 0 Å². The van der Waals surface area contributed by atoms with Crippen molar-refractivity contribution in [3.05, 3.63) is 17.8 Å². The van der Waals surface area contributed by atoms with Gasteiger partial charge in [0.1, 0.15) is 5.82 Å². The van der Waals surface area contributed by atoms with Crippen LogP contribution in [0.15, 0.2) is 12.3 Å². The summed E-state index contributed by atoms with van der Waals surface area (Å²) in [7, 11) is 1.34. The number of aromatic nitrogens is 1. The summed E-state index contributed by atoms with van der Waals surface area (Å²) in [5, 5.41) is 3.25. The molecular formula is C12H17N3O2. The number of nitrogens with one attached hydrogen (secondary N) is 1. The lowest BCUT2D eigenvalue weighted by Gasteiger charge is -2.16. The van der Waals surface area contributed by atoms with Crippen LogP contribution in [0.1, 0.15) is 30.1 Å². The van der Waals surface area contributed by atoms with Crippen LogP contribution in [-0.2, 0) is 4.74 Å². The van der Waals surface area contributed by atoms with E-state index < -0.39 is 5.97 Å². The van der Waals surface area contributed by atoms with E-state index in [-0.39, 0.29) is 0 Å². The number of carbonyl (C=O) groups excluding carboxylic acids is 1. The molecule has 5 heteroatoms. The Kier molecular flexibility index (Phi) is 3.17. The van der Waals surface area contributed by atoms with Crippen LogP contribution in [0.3, 0.4) is 0 Å². The highest BCUT2D eigenvalue weighted by Gasteiger charge is 2.28. The molecule has 1 atom stereocenters. The van der Waals surface area contributed by atoms with Gasteiger partial charge in [0, 0.05) is 12.2 Å². The molecule has 0 aromatic carbocycles. The van der Waals surface area contributed by atoms with E-state index in [1.165, 1.54) is 20.0 Å². The van der Waals surface area contributed by atoms with Gasteiger partial charge in [0.05, 0.1) is 18.4 Å². The van der Waals surface area contributed by atoms with Gasteiger partial charge in [-0.05, 0) is 31.7 Å². The molecule has 3 N–H and O–H groups in total. The summed E-state index contributed by atoms with van der Waals surface area (Å²) in [6.45, 7) is 2.10. The minimum atomic E-state index is -0.438. The maximum Gasteiger partial charge on any atom is 0.340 e. The number of carbonyl (C=O) groups is 1. The Morgan fingerprint density at radius 1 is 1.65 bits per heavy atom. The smallest absolute Gasteiger partial charge is 0.340 e. The lowest BCUT2D eigenvalue weighted by Crippen LogP contribution is -2.20. The van der Waals surface area contributed by atoms with Crippen LogP contribution in [0.25, 0.3) is 0 Å². The van der Waals surface area contributed by atoms with E-state index >= 15 is 0 Å². The van der Waals surface area contributed by atoms with E-state index in [1.807, 2.05) is 0 Å². The third kappa shape index (κ3) is 2.49. The van der Waals surface area contributed by atoms with Crippen molar-refractivity contribution in [3.63, 3.8) is 0 Å². The highest BCUT2D eigenvalue weighted by Crippen LogP contribution is 2.34. The molecular weight excluding hydrogens is 218 g/mol. The van der Waals surface area contributed by atoms with Crippen LogP contribution in [0, 0.1) is 5.92 Å². The number of pyridine rings is 1. The van der Waals surface area contributed by atoms with Gasteiger partial charge in [-0.1, -0.05) is 0 Å². The normalized spacial score (nSPS) is 16.4. The summed E-state index contributed by atoms with van der Waals surface area (Å²) in [4.78, 5) is 15.6. The maximum atomic E-state index is 11.5. The Labute approximate surface area is 100 Å². The Bertz CT molecular complexity index is 430. The summed E-state index contributed by atoms with van der Waals surface area (Å²) in [5.41, 5.74) is 6.61. The summed E-state index contributed by atoms with van der Waals surface area (Å²) in [6, 6.07) is 1.89. The van der Waals surface area contributed by atoms with Crippen molar-refractivity contribution in [2.24, 2.45) is 5.92 Å². The molecule has 5 nitrogen and oxygen atoms in total. The highest BCUT2D eigenvalue weighted by atomic mass is 16.5. The number of ether oxygens (including phenoxy) is 1. The molecule has 0 amide bonds. The van der Waals surface area contributed by atoms with Gasteiger partial charge < -0.3 is 15.8 Å². The molecule has 1 heterocycles. The molecule has 0 spiro atoms. The summed E-state index contributed by atoms with van der Waals surface area (Å²) < 4.78 is 4.66. The fourth-order valence-corrected chi connectivity index (χ4v) is 1.81. The molecule has 0 bridgehead atoms. The van der Waals surface area contributed by atoms with Gasteiger partial charge in [-0.2, -0.15) is 0 Å². The molecule has 1 aromatic heterocycles. The summed E-state index contributed by atoms with van der Waals surface area (Å²) >= 11 is 0. The first-order valence-electron chi connectivity index (χ1n) is 5.72. The molecule has 1 unspecified atom stereocenters. The Balaban J connectivity index is 2.19. The lowest BCUT2D eigenvalue weighted by atomic mass is 10.2. The quantitative estimate of drug-likeness (QED) is 0.776. The largest absolute Gasteiger partial charge is 0.465 e. The van der Waals surface area contributed by atoms with Crippen molar-refractivity contribution >= 4 is 17.5 Å². The zero-order chi connectivity index (χ0) is 12.4. The summed E-state index contributed by atoms with van der Waals surface area (Å²) in [6.07, 6.45) is 4.04. The second-order valence-electron chi connectivity index (χ2n) is 4.38. The number of rotatable bonds is 4. The van der Waals surface area contributed by atoms with Crippen LogP contribution >= 0.6 is 0 Å². The SMILES string of the molecule is COC(=O)c1ccnc(NC(C)C2CC2)c1N. The topological polar surface area (TPSA) is 77.2 Å². The lowest BCUT2D eigenvalue weighted by molar-refractivity contribution is 0.0602. The van der Waals surface area contributed by atoms with Crippen LogP contribution in [-0.4, -0.2) is 24.1 Å². The number of anilines is 2. The molecule has 0 saturated heterocycles. The van der Waals surface area contributed by atoms with Crippen LogP contribution in [0.4, 0.5) is 11.5 Å². The van der Waals surface area contributed by atoms with Crippen molar-refractivity contribution in [2.45, 2.75) is 25.8 Å². The predicted octanol–water partition coefficient (Wildman–Crippen LogP) is 1.66. The van der Waals surface area contributed by atoms with Gasteiger partial charge in [0.25, 0.3) is 0 Å². The Morgan fingerprint density at radius 3 is 2.94 bits per heavy atom. The number of hydrogen-bond donors (Lipinski definition) is 2. The zero-order valence-corrected chi connectivity index (χ0v) is 10.1. The van der Waals surface area contributed by atoms with E-state index in [1.54, 1.807) is 12.3 Å². The molecule has 2 rings (SSSR count). The second kappa shape index (κ2) is 4.61. The average Bonchev–Trinajstić information content (AvgIpc) is 3.14. The minimum Gasteiger partial charge on any atom is -0.465 e. The third-order valence-corrected chi connectivity index (χ3v) is 3.09. The van der Waals surface area contributed by atoms with Gasteiger partial charge in [-0.3, -0.25) is 0 Å². The van der Waals surface area contributed by atoms with Gasteiger partial charge in [0.15, 0.2) is 0 Å². The van der Waals surface area contributed by atoms with E-state index in [0.717, 1.165) is 0 Å². The first kappa shape index (κ1) is 11.7. The Morgan fingerprint density at radius 2 is 2.35 bits per heavy atom. The van der Waals surface area contributed by atoms with Gasteiger partial charge in [-0.25, -0.2) is 9.78 Å². The van der Waals surface area contributed by atoms with Crippen LogP contribution in [0.2, 0.25) is 0 Å². The molecule has 1 aromatic rings. The number of nitrogen functional groups attached to an aromatic ring is 1. The van der Waals surface area contributed by atoms with Crippen LogP contribution < -0.4 is 11.1 Å². The predicted molar refractivity (Wildman–Crippen MR) is 65.8 cm³/mol. The highest BCUT2D eigenvalue weighted by molar-refractivity contribution is 5.97. The Hall–Kier alpha value is -1.78. The monoisotopic (exact) mass is 235 g/mol. The van der Waals surface area contributed by atoms with Gasteiger partial charge >= 0.3 is 5.97 Å². The van der Waals surface area contributed by atoms with E-state index in [2.05, 4.69) is 22.0 Å². The molecule has 1 fully saturated rings. The first-order valence-corrected chi connectivity index (χ1v) is 5.72. The van der Waals surface area contributed by atoms with Crippen molar-refractivity contribution in [1.82, 2.24) is 4.98 Å². The average molecular weight is 235 g/mol. The fourth-order valence-electron chi connectivity index (χ4n) is 1.81. The van der Waals surface area contributed by atoms with E-state index in [4.69, 9.17) is 5.73 Å². The zero-order valence-electron chi connectivity index (χ0n) is 10.1. The molecule has 0 radical (unpaired) electrons. The number of hydrogen-bond acceptors (Lipinski definition) is 5. The molecule has 1 aliphatic rings. The van der Waals surface area contributed by atoms with Crippen molar-refractivity contribution in [2.75, 3.05) is 18.2 Å². The number of methoxy groups -OCH3 is 1. The number of esters is 1. The first-order chi connectivity index (χ1) is 8.13. The maximum absolute atomic E-state index is 11.5. The van der Waals surface area contributed by atoms with Gasteiger partial charge in [-0.15, -0.1) is 0 Å².